The van der Waals surface area contributed by atoms with E-state index in [1.165, 1.54) is 0 Å². The van der Waals surface area contributed by atoms with E-state index in [0.29, 0.717) is 0 Å². The third-order valence-electron chi connectivity index (χ3n) is 2.22. The van der Waals surface area contributed by atoms with Gasteiger partial charge in [-0.05, 0) is 25.1 Å². The predicted molar refractivity (Wildman–Crippen MR) is 46.9 cm³/mol. The number of amides is 1. The maximum Gasteiger partial charge on any atom is 0.257 e. The quantitative estimate of drug-likeness (QED) is 0.486. The van der Waals surface area contributed by atoms with E-state index in [-0.39, 0.29) is 31.6 Å². The first-order valence-corrected chi connectivity index (χ1v) is 4.45. The summed E-state index contributed by atoms with van der Waals surface area (Å²) in [6.45, 7) is 0. The minimum absolute atomic E-state index is 0.201. The second kappa shape index (κ2) is 4.03. The highest BCUT2D eigenvalue weighted by molar-refractivity contribution is 7.78. The summed E-state index contributed by atoms with van der Waals surface area (Å²) < 4.78 is 25.3. The number of rotatable bonds is 1. The zero-order valence-corrected chi connectivity index (χ0v) is 7.74. The molecule has 1 aliphatic carbocycles. The Kier molecular flexibility index (Phi) is 3.22. The predicted octanol–water partition coefficient (Wildman–Crippen LogP) is 2.44. The molecule has 0 radical (unpaired) electrons. The van der Waals surface area contributed by atoms with Gasteiger partial charge in [0.05, 0.1) is 5.16 Å². The zero-order valence-electron chi connectivity index (χ0n) is 6.93. The van der Waals surface area contributed by atoms with Crippen molar-refractivity contribution in [2.75, 3.05) is 0 Å². The van der Waals surface area contributed by atoms with Crippen LogP contribution in [0.5, 0.6) is 0 Å². The number of hydrogen-bond acceptors (Lipinski definition) is 2. The first kappa shape index (κ1) is 10.4. The van der Waals surface area contributed by atoms with Gasteiger partial charge in [0, 0.05) is 18.8 Å². The van der Waals surface area contributed by atoms with Crippen molar-refractivity contribution in [1.82, 2.24) is 0 Å². The van der Waals surface area contributed by atoms with E-state index in [1.54, 1.807) is 0 Å². The van der Waals surface area contributed by atoms with Crippen molar-refractivity contribution in [3.8, 4) is 0 Å². The molecule has 0 unspecified atom stereocenters. The zero-order chi connectivity index (χ0) is 9.90. The van der Waals surface area contributed by atoms with Crippen LogP contribution in [0.1, 0.15) is 25.7 Å². The van der Waals surface area contributed by atoms with E-state index in [2.05, 4.69) is 17.2 Å². The van der Waals surface area contributed by atoms with Gasteiger partial charge < -0.3 is 0 Å². The van der Waals surface area contributed by atoms with Crippen molar-refractivity contribution in [1.29, 1.82) is 0 Å². The molecule has 72 valence electrons. The summed E-state index contributed by atoms with van der Waals surface area (Å²) in [5.74, 6) is -3.39. The number of halogens is 2. The molecule has 0 aromatic heterocycles. The molecule has 0 atom stereocenters. The molecule has 0 aliphatic heterocycles. The van der Waals surface area contributed by atoms with Crippen molar-refractivity contribution in [2.45, 2.75) is 31.6 Å². The number of carbonyl (C=O) groups is 1. The molecule has 0 spiro atoms. The van der Waals surface area contributed by atoms with E-state index in [9.17, 15) is 13.6 Å². The maximum atomic E-state index is 12.6. The lowest BCUT2D eigenvalue weighted by molar-refractivity contribution is -0.125. The highest BCUT2D eigenvalue weighted by Crippen LogP contribution is 2.36. The van der Waals surface area contributed by atoms with Crippen LogP contribution in [-0.2, 0) is 4.79 Å². The monoisotopic (exact) mass is 205 g/mol. The number of nitrogens with zero attached hydrogens (tertiary/aromatic N) is 1. The highest BCUT2D eigenvalue weighted by Gasteiger charge is 2.37. The lowest BCUT2D eigenvalue weighted by Crippen LogP contribution is -2.27. The Morgan fingerprint density at radius 3 is 2.46 bits per heavy atom. The molecule has 13 heavy (non-hydrogen) atoms. The molecule has 1 aliphatic rings. The molecule has 0 N–H and O–H groups in total. The average Bonchev–Trinajstić information content (AvgIpc) is 2.04. The number of hydrogen-bond donors (Lipinski definition) is 0. The Labute approximate surface area is 80.0 Å². The lowest BCUT2D eigenvalue weighted by atomic mass is 9.86. The lowest BCUT2D eigenvalue weighted by Gasteiger charge is -2.25. The van der Waals surface area contributed by atoms with Gasteiger partial charge in [-0.1, -0.05) is 0 Å². The topological polar surface area (TPSA) is 29.4 Å². The molecule has 1 saturated carbocycles. The molecular formula is C8H9F2NOS. The van der Waals surface area contributed by atoms with Crippen LogP contribution in [0.15, 0.2) is 4.99 Å². The van der Waals surface area contributed by atoms with Gasteiger partial charge in [0.1, 0.15) is 0 Å². The van der Waals surface area contributed by atoms with Crippen molar-refractivity contribution < 1.29 is 13.6 Å². The molecular weight excluding hydrogens is 196 g/mol. The second-order valence-corrected chi connectivity index (χ2v) is 3.35. The van der Waals surface area contributed by atoms with Gasteiger partial charge in [0.2, 0.25) is 5.92 Å². The molecule has 0 saturated heterocycles. The van der Waals surface area contributed by atoms with Gasteiger partial charge in [-0.3, -0.25) is 4.79 Å². The van der Waals surface area contributed by atoms with Gasteiger partial charge in [-0.25, -0.2) is 8.78 Å². The van der Waals surface area contributed by atoms with Crippen LogP contribution in [0.25, 0.3) is 0 Å². The van der Waals surface area contributed by atoms with Crippen molar-refractivity contribution in [3.63, 3.8) is 0 Å². The number of aliphatic imine (C=N–C) groups is 1. The summed E-state index contributed by atoms with van der Waals surface area (Å²) in [6.07, 6.45) is -0.0502. The van der Waals surface area contributed by atoms with Gasteiger partial charge in [0.15, 0.2) is 0 Å². The Morgan fingerprint density at radius 1 is 1.46 bits per heavy atom. The number of alkyl halides is 2. The minimum Gasteiger partial charge on any atom is -0.272 e. The molecule has 0 bridgehead atoms. The van der Waals surface area contributed by atoms with Crippen LogP contribution in [0.3, 0.4) is 0 Å². The largest absolute Gasteiger partial charge is 0.272 e. The van der Waals surface area contributed by atoms with E-state index >= 15 is 0 Å². The van der Waals surface area contributed by atoms with Gasteiger partial charge >= 0.3 is 0 Å². The molecule has 2 nitrogen and oxygen atoms in total. The fourth-order valence-corrected chi connectivity index (χ4v) is 1.51. The fraction of sp³-hybridized carbons (Fsp3) is 0.750. The smallest absolute Gasteiger partial charge is 0.257 e. The molecule has 1 fully saturated rings. The summed E-state index contributed by atoms with van der Waals surface area (Å²) in [5.41, 5.74) is 0. The Balaban J connectivity index is 2.50. The van der Waals surface area contributed by atoms with Crippen molar-refractivity contribution in [3.05, 3.63) is 0 Å². The number of isothiocyanates is 1. The van der Waals surface area contributed by atoms with Gasteiger partial charge in [-0.15, -0.1) is 0 Å². The molecule has 0 aromatic rings. The van der Waals surface area contributed by atoms with Crippen LogP contribution in [0.4, 0.5) is 8.78 Å². The van der Waals surface area contributed by atoms with Crippen molar-refractivity contribution >= 4 is 23.3 Å². The van der Waals surface area contributed by atoms with Crippen LogP contribution in [0, 0.1) is 5.92 Å². The van der Waals surface area contributed by atoms with Crippen LogP contribution in [0.2, 0.25) is 0 Å². The van der Waals surface area contributed by atoms with E-state index in [0.717, 1.165) is 0 Å². The summed E-state index contributed by atoms with van der Waals surface area (Å²) >= 11 is 4.26. The molecule has 0 heterocycles. The Morgan fingerprint density at radius 2 is 2.00 bits per heavy atom. The fourth-order valence-electron chi connectivity index (χ4n) is 1.42. The SMILES string of the molecule is O=C(N=C=S)C1CCC(F)(F)CC1. The first-order chi connectivity index (χ1) is 6.05. The maximum absolute atomic E-state index is 12.6. The standard InChI is InChI=1S/C8H9F2NOS/c9-8(10)3-1-6(2-4-8)7(12)11-5-13/h6H,1-4H2. The van der Waals surface area contributed by atoms with Gasteiger partial charge in [-0.2, -0.15) is 4.99 Å². The average molecular weight is 205 g/mol. The van der Waals surface area contributed by atoms with E-state index in [1.807, 2.05) is 5.16 Å². The molecule has 0 aromatic carbocycles. The third kappa shape index (κ3) is 2.94. The Hall–Kier alpha value is -0.670. The van der Waals surface area contributed by atoms with Crippen molar-refractivity contribution in [2.24, 2.45) is 10.9 Å². The second-order valence-electron chi connectivity index (χ2n) is 3.17. The molecule has 1 amide bonds. The third-order valence-corrected chi connectivity index (χ3v) is 2.31. The highest BCUT2D eigenvalue weighted by atomic mass is 32.1. The van der Waals surface area contributed by atoms with Gasteiger partial charge in [0.25, 0.3) is 5.91 Å². The van der Waals surface area contributed by atoms with E-state index in [4.69, 9.17) is 0 Å². The van der Waals surface area contributed by atoms with E-state index < -0.39 is 11.8 Å². The van der Waals surface area contributed by atoms with Crippen LogP contribution in [-0.4, -0.2) is 17.0 Å². The summed E-state index contributed by atoms with van der Waals surface area (Å²) in [7, 11) is 0. The Bertz CT molecular complexity index is 251. The summed E-state index contributed by atoms with van der Waals surface area (Å²) in [5, 5.41) is 1.96. The first-order valence-electron chi connectivity index (χ1n) is 4.05. The van der Waals surface area contributed by atoms with Crippen LogP contribution >= 0.6 is 12.2 Å². The molecule has 5 heteroatoms. The minimum atomic E-state index is -2.60. The number of thiocarbonyl (C=S) groups is 1. The summed E-state index contributed by atoms with van der Waals surface area (Å²) in [6, 6.07) is 0. The normalized spacial score (nSPS) is 22.0. The number of carbonyl (C=O) groups excluding carboxylic acids is 1. The summed E-state index contributed by atoms with van der Waals surface area (Å²) in [4.78, 5) is 14.3. The van der Waals surface area contributed by atoms with Crippen LogP contribution < -0.4 is 0 Å². The molecule has 1 rings (SSSR count).